The number of aryl methyl sites for hydroxylation is 1. The zero-order chi connectivity index (χ0) is 24.2. The highest BCUT2D eigenvalue weighted by Gasteiger charge is 2.45. The molecule has 2 saturated heterocycles. The number of carbonyl (C=O) groups excluding carboxylic acids is 1. The first-order valence-electron chi connectivity index (χ1n) is 12.5. The molecule has 0 bridgehead atoms. The number of anilines is 4. The molecular formula is C26H31F2N5OS. The average Bonchev–Trinajstić information content (AvgIpc) is 3.74. The van der Waals surface area contributed by atoms with Gasteiger partial charge in [-0.1, -0.05) is 0 Å². The van der Waals surface area contributed by atoms with Crippen LogP contribution in [0.2, 0.25) is 0 Å². The highest BCUT2D eigenvalue weighted by Crippen LogP contribution is 2.54. The molecule has 35 heavy (non-hydrogen) atoms. The molecular weight excluding hydrogens is 468 g/mol. The summed E-state index contributed by atoms with van der Waals surface area (Å²) in [5, 5.41) is 3.61. The van der Waals surface area contributed by atoms with Crippen LogP contribution >= 0.6 is 11.9 Å². The number of aromatic nitrogens is 1. The van der Waals surface area contributed by atoms with Crippen LogP contribution < -0.4 is 19.8 Å². The molecule has 2 saturated carbocycles. The molecule has 2 N–H and O–H groups in total. The van der Waals surface area contributed by atoms with Crippen LogP contribution in [-0.4, -0.2) is 48.2 Å². The predicted octanol–water partition coefficient (Wildman–Crippen LogP) is 5.70. The Kier molecular flexibility index (Phi) is 5.58. The van der Waals surface area contributed by atoms with Crippen molar-refractivity contribution in [3.63, 3.8) is 0 Å². The minimum atomic E-state index is -2.68. The van der Waals surface area contributed by atoms with Crippen molar-refractivity contribution in [1.82, 2.24) is 4.98 Å². The normalized spacial score (nSPS) is 22.0. The second-order valence-electron chi connectivity index (χ2n) is 10.7. The van der Waals surface area contributed by atoms with Gasteiger partial charge in [-0.15, -0.1) is 0 Å². The summed E-state index contributed by atoms with van der Waals surface area (Å²) in [6, 6.07) is 9.48. The highest BCUT2D eigenvalue weighted by atomic mass is 32.2. The third-order valence-corrected chi connectivity index (χ3v) is 8.76. The SMILES string of the molecule is Cc1cc(NC(=O)c2ccc(NSC3CC3)cc2N2CCC3(CC2)CC3)nc(N2CC(F)(F)C2)c1. The Morgan fingerprint density at radius 2 is 1.80 bits per heavy atom. The van der Waals surface area contributed by atoms with Crippen molar-refractivity contribution < 1.29 is 13.6 Å². The van der Waals surface area contributed by atoms with E-state index in [0.29, 0.717) is 27.9 Å². The van der Waals surface area contributed by atoms with E-state index in [-0.39, 0.29) is 19.0 Å². The second kappa shape index (κ2) is 8.54. The summed E-state index contributed by atoms with van der Waals surface area (Å²) >= 11 is 1.75. The van der Waals surface area contributed by atoms with Crippen LogP contribution in [0.25, 0.3) is 0 Å². The zero-order valence-electron chi connectivity index (χ0n) is 19.9. The molecule has 9 heteroatoms. The van der Waals surface area contributed by atoms with Crippen molar-refractivity contribution in [2.75, 3.05) is 46.0 Å². The van der Waals surface area contributed by atoms with Crippen molar-refractivity contribution in [3.05, 3.63) is 41.5 Å². The summed E-state index contributed by atoms with van der Waals surface area (Å²) in [5.41, 5.74) is 3.97. The van der Waals surface area contributed by atoms with E-state index in [4.69, 9.17) is 0 Å². The first kappa shape index (κ1) is 22.9. The molecule has 1 spiro atoms. The van der Waals surface area contributed by atoms with Gasteiger partial charge in [-0.3, -0.25) is 4.79 Å². The third kappa shape index (κ3) is 5.06. The van der Waals surface area contributed by atoms with Crippen LogP contribution in [0.4, 0.5) is 31.8 Å². The van der Waals surface area contributed by atoms with Gasteiger partial charge in [0.25, 0.3) is 11.8 Å². The van der Waals surface area contributed by atoms with E-state index in [1.807, 2.05) is 19.1 Å². The fourth-order valence-corrected chi connectivity index (χ4v) is 5.82. The van der Waals surface area contributed by atoms with Gasteiger partial charge in [0.2, 0.25) is 0 Å². The summed E-state index contributed by atoms with van der Waals surface area (Å²) in [7, 11) is 0. The Hall–Kier alpha value is -2.55. The number of piperidine rings is 1. The van der Waals surface area contributed by atoms with E-state index in [9.17, 15) is 13.6 Å². The summed E-state index contributed by atoms with van der Waals surface area (Å²) in [4.78, 5) is 21.8. The number of hydrogen-bond acceptors (Lipinski definition) is 6. The number of carbonyl (C=O) groups is 1. The van der Waals surface area contributed by atoms with Gasteiger partial charge in [0.15, 0.2) is 0 Å². The zero-order valence-corrected chi connectivity index (χ0v) is 20.8. The van der Waals surface area contributed by atoms with Crippen molar-refractivity contribution in [2.45, 2.75) is 56.6 Å². The molecule has 2 aliphatic carbocycles. The summed E-state index contributed by atoms with van der Waals surface area (Å²) in [5.74, 6) is -2.06. The number of hydrogen-bond donors (Lipinski definition) is 2. The number of nitrogens with zero attached hydrogens (tertiary/aromatic N) is 3. The topological polar surface area (TPSA) is 60.5 Å². The van der Waals surface area contributed by atoms with Gasteiger partial charge >= 0.3 is 0 Å². The van der Waals surface area contributed by atoms with Crippen LogP contribution in [0.5, 0.6) is 0 Å². The minimum Gasteiger partial charge on any atom is -0.371 e. The lowest BCUT2D eigenvalue weighted by Gasteiger charge is -2.39. The number of nitrogens with one attached hydrogen (secondary N) is 2. The van der Waals surface area contributed by atoms with Gasteiger partial charge < -0.3 is 19.8 Å². The van der Waals surface area contributed by atoms with Crippen molar-refractivity contribution in [1.29, 1.82) is 0 Å². The first-order chi connectivity index (χ1) is 16.8. The molecule has 186 valence electrons. The van der Waals surface area contributed by atoms with Crippen molar-refractivity contribution in [2.24, 2.45) is 5.41 Å². The van der Waals surface area contributed by atoms with Crippen LogP contribution in [0.1, 0.15) is 54.4 Å². The standard InChI is InChI=1S/C26H31F2N5OS/c1-17-12-22(29-23(13-17)33-15-26(27,28)16-33)30-24(34)20-5-2-18(31-35-19-3-4-19)14-21(20)32-10-8-25(6-7-25)9-11-32/h2,5,12-14,19,31H,3-4,6-11,15-16H2,1H3,(H,29,30,34). The minimum absolute atomic E-state index is 0.230. The van der Waals surface area contributed by atoms with Crippen LogP contribution in [-0.2, 0) is 0 Å². The van der Waals surface area contributed by atoms with E-state index >= 15 is 0 Å². The summed E-state index contributed by atoms with van der Waals surface area (Å²) < 4.78 is 30.2. The van der Waals surface area contributed by atoms with E-state index < -0.39 is 5.92 Å². The number of halogens is 2. The molecule has 1 aromatic heterocycles. The van der Waals surface area contributed by atoms with Gasteiger partial charge in [-0.25, -0.2) is 13.8 Å². The lowest BCUT2D eigenvalue weighted by molar-refractivity contribution is -0.0267. The van der Waals surface area contributed by atoms with Gasteiger partial charge in [0.05, 0.1) is 24.3 Å². The second-order valence-corrected chi connectivity index (χ2v) is 11.8. The van der Waals surface area contributed by atoms with Gasteiger partial charge in [0, 0.05) is 24.0 Å². The summed E-state index contributed by atoms with van der Waals surface area (Å²) in [6.45, 7) is 3.10. The monoisotopic (exact) mass is 499 g/mol. The molecule has 4 aliphatic rings. The lowest BCUT2D eigenvalue weighted by Crippen LogP contribution is -2.56. The smallest absolute Gasteiger partial charge is 0.282 e. The lowest BCUT2D eigenvalue weighted by atomic mass is 9.93. The number of alkyl halides is 2. The van der Waals surface area contributed by atoms with Crippen LogP contribution in [0.15, 0.2) is 30.3 Å². The molecule has 0 radical (unpaired) electrons. The molecule has 1 aromatic carbocycles. The van der Waals surface area contributed by atoms with Crippen molar-refractivity contribution >= 4 is 40.9 Å². The van der Waals surface area contributed by atoms with Crippen LogP contribution in [0.3, 0.4) is 0 Å². The molecule has 6 nitrogen and oxygen atoms in total. The number of benzene rings is 1. The molecule has 0 unspecified atom stereocenters. The predicted molar refractivity (Wildman–Crippen MR) is 138 cm³/mol. The Balaban J connectivity index is 1.22. The molecule has 6 rings (SSSR count). The maximum absolute atomic E-state index is 13.4. The van der Waals surface area contributed by atoms with Crippen molar-refractivity contribution in [3.8, 4) is 0 Å². The highest BCUT2D eigenvalue weighted by molar-refractivity contribution is 8.01. The van der Waals surface area contributed by atoms with Gasteiger partial charge in [-0.05, 0) is 98.7 Å². The first-order valence-corrected chi connectivity index (χ1v) is 13.4. The molecule has 1 amide bonds. The third-order valence-electron chi connectivity index (χ3n) is 7.60. The Morgan fingerprint density at radius 1 is 1.06 bits per heavy atom. The van der Waals surface area contributed by atoms with Crippen LogP contribution in [0, 0.1) is 12.3 Å². The Bertz CT molecular complexity index is 1130. The number of rotatable bonds is 7. The fourth-order valence-electron chi connectivity index (χ4n) is 5.02. The van der Waals surface area contributed by atoms with E-state index in [1.165, 1.54) is 43.4 Å². The number of pyridine rings is 1. The molecule has 0 atom stereocenters. The molecule has 4 fully saturated rings. The van der Waals surface area contributed by atoms with Gasteiger partial charge in [0.1, 0.15) is 11.6 Å². The molecule has 3 heterocycles. The van der Waals surface area contributed by atoms with E-state index in [1.54, 1.807) is 24.1 Å². The maximum Gasteiger partial charge on any atom is 0.282 e. The Labute approximate surface area is 209 Å². The van der Waals surface area contributed by atoms with Gasteiger partial charge in [-0.2, -0.15) is 0 Å². The fraction of sp³-hybridized carbons (Fsp3) is 0.538. The largest absolute Gasteiger partial charge is 0.371 e. The van der Waals surface area contributed by atoms with E-state index in [0.717, 1.165) is 30.0 Å². The Morgan fingerprint density at radius 3 is 2.46 bits per heavy atom. The average molecular weight is 500 g/mol. The summed E-state index contributed by atoms with van der Waals surface area (Å²) in [6.07, 6.45) is 7.51. The number of amides is 1. The maximum atomic E-state index is 13.4. The van der Waals surface area contributed by atoms with E-state index in [2.05, 4.69) is 26.0 Å². The quantitative estimate of drug-likeness (QED) is 0.477. The molecule has 2 aromatic rings. The molecule has 2 aliphatic heterocycles.